The van der Waals surface area contributed by atoms with E-state index in [-0.39, 0.29) is 24.9 Å². The van der Waals surface area contributed by atoms with Gasteiger partial charge >= 0.3 is 5.97 Å². The first-order chi connectivity index (χ1) is 11.7. The Morgan fingerprint density at radius 1 is 1.04 bits per heavy atom. The summed E-state index contributed by atoms with van der Waals surface area (Å²) in [6.45, 7) is 0.0461. The maximum Gasteiger partial charge on any atom is 0.307 e. The predicted molar refractivity (Wildman–Crippen MR) is 94.1 cm³/mol. The molecule has 1 heterocycles. The lowest BCUT2D eigenvalue weighted by molar-refractivity contribution is -0.145. The lowest BCUT2D eigenvalue weighted by Gasteiger charge is -2.17. The molecule has 0 N–H and O–H groups in total. The molecule has 0 aliphatic rings. The minimum Gasteiger partial charge on any atom is -0.459 e. The quantitative estimate of drug-likeness (QED) is 0.610. The molecule has 6 heteroatoms. The fourth-order valence-corrected chi connectivity index (χ4v) is 3.06. The van der Waals surface area contributed by atoms with E-state index in [1.807, 2.05) is 60.7 Å². The van der Waals surface area contributed by atoms with Gasteiger partial charge in [-0.2, -0.15) is 0 Å². The Morgan fingerprint density at radius 3 is 2.12 bits per heavy atom. The zero-order valence-corrected chi connectivity index (χ0v) is 14.3. The van der Waals surface area contributed by atoms with Crippen LogP contribution in [-0.4, -0.2) is 15.6 Å². The maximum atomic E-state index is 12.3. The molecular weight excluding hydrogens is 344 g/mol. The number of ether oxygens (including phenoxy) is 1. The molecule has 0 bridgehead atoms. The predicted octanol–water partition coefficient (Wildman–Crippen LogP) is 4.46. The number of rotatable bonds is 6. The van der Waals surface area contributed by atoms with E-state index in [1.165, 1.54) is 0 Å². The van der Waals surface area contributed by atoms with Gasteiger partial charge in [0.2, 0.25) is 0 Å². The van der Waals surface area contributed by atoms with Gasteiger partial charge in [-0.05, 0) is 11.1 Å². The first-order valence-electron chi connectivity index (χ1n) is 7.46. The molecule has 0 amide bonds. The van der Waals surface area contributed by atoms with Crippen molar-refractivity contribution in [2.45, 2.75) is 18.9 Å². The second kappa shape index (κ2) is 8.04. The lowest BCUT2D eigenvalue weighted by Crippen LogP contribution is -2.12. The zero-order valence-electron chi connectivity index (χ0n) is 12.8. The summed E-state index contributed by atoms with van der Waals surface area (Å²) < 4.78 is 9.50. The highest BCUT2D eigenvalue weighted by molar-refractivity contribution is 7.10. The highest BCUT2D eigenvalue weighted by atomic mass is 35.5. The number of carbonyl (C=O) groups excluding carboxylic acids is 1. The number of nitrogens with zero attached hydrogens (tertiary/aromatic N) is 2. The fraction of sp³-hybridized carbons (Fsp3) is 0.167. The summed E-state index contributed by atoms with van der Waals surface area (Å²) in [6, 6.07) is 19.9. The zero-order chi connectivity index (χ0) is 16.8. The average molecular weight is 359 g/mol. The molecule has 0 saturated carbocycles. The van der Waals surface area contributed by atoms with E-state index in [9.17, 15) is 4.79 Å². The molecule has 24 heavy (non-hydrogen) atoms. The summed E-state index contributed by atoms with van der Waals surface area (Å²) in [5.74, 6) is -0.347. The summed E-state index contributed by atoms with van der Waals surface area (Å²) in [4.78, 5) is 12.3. The molecule has 0 fully saturated rings. The molecular formula is C18H15ClN2O2S. The van der Waals surface area contributed by atoms with Crippen LogP contribution in [0.25, 0.3) is 0 Å². The van der Waals surface area contributed by atoms with Crippen molar-refractivity contribution in [1.29, 1.82) is 0 Å². The molecule has 0 radical (unpaired) electrons. The van der Waals surface area contributed by atoms with Crippen molar-refractivity contribution in [1.82, 2.24) is 9.59 Å². The molecule has 1 aromatic heterocycles. The molecule has 122 valence electrons. The number of esters is 1. The summed E-state index contributed by atoms with van der Waals surface area (Å²) in [7, 11) is 0. The van der Waals surface area contributed by atoms with E-state index in [0.29, 0.717) is 10.0 Å². The number of hydrogen-bond acceptors (Lipinski definition) is 5. The van der Waals surface area contributed by atoms with E-state index in [0.717, 1.165) is 22.7 Å². The normalized spacial score (nSPS) is 10.8. The molecule has 0 aliphatic carbocycles. The van der Waals surface area contributed by atoms with E-state index in [4.69, 9.17) is 16.3 Å². The smallest absolute Gasteiger partial charge is 0.307 e. The van der Waals surface area contributed by atoms with Gasteiger partial charge in [-0.25, -0.2) is 0 Å². The van der Waals surface area contributed by atoms with Crippen LogP contribution in [0.15, 0.2) is 60.7 Å². The van der Waals surface area contributed by atoms with Gasteiger partial charge in [0.1, 0.15) is 16.6 Å². The Labute approximate surface area is 149 Å². The number of benzene rings is 2. The van der Waals surface area contributed by atoms with Crippen molar-refractivity contribution in [3.05, 3.63) is 81.8 Å². The van der Waals surface area contributed by atoms with Crippen LogP contribution >= 0.6 is 23.1 Å². The van der Waals surface area contributed by atoms with Crippen molar-refractivity contribution in [3.8, 4) is 0 Å². The van der Waals surface area contributed by atoms with Gasteiger partial charge in [0.05, 0.1) is 6.42 Å². The number of halogens is 1. The standard InChI is InChI=1S/C18H15ClN2O2S/c19-18-16(20-21-24-18)12-23-17(22)11-15(13-7-3-1-4-8-13)14-9-5-2-6-10-14/h1-10,15H,11-12H2. The van der Waals surface area contributed by atoms with E-state index >= 15 is 0 Å². The third kappa shape index (κ3) is 4.19. The number of carbonyl (C=O) groups is 1. The van der Waals surface area contributed by atoms with Crippen LogP contribution in [0.2, 0.25) is 4.34 Å². The third-order valence-electron chi connectivity index (χ3n) is 3.65. The van der Waals surface area contributed by atoms with E-state index < -0.39 is 0 Å². The second-order valence-corrected chi connectivity index (χ2v) is 6.59. The Hall–Kier alpha value is -2.24. The van der Waals surface area contributed by atoms with Gasteiger partial charge in [-0.15, -0.1) is 5.10 Å². The van der Waals surface area contributed by atoms with Gasteiger partial charge in [0.15, 0.2) is 0 Å². The third-order valence-corrected chi connectivity index (χ3v) is 4.64. The fourth-order valence-electron chi connectivity index (χ4n) is 2.46. The van der Waals surface area contributed by atoms with E-state index in [1.54, 1.807) is 0 Å². The lowest BCUT2D eigenvalue weighted by atomic mass is 9.89. The minimum absolute atomic E-state index is 0.0461. The van der Waals surface area contributed by atoms with Crippen molar-refractivity contribution < 1.29 is 9.53 Å². The van der Waals surface area contributed by atoms with Gasteiger partial charge < -0.3 is 4.74 Å². The number of hydrogen-bond donors (Lipinski definition) is 0. The van der Waals surface area contributed by atoms with Crippen LogP contribution in [0.4, 0.5) is 0 Å². The molecule has 3 aromatic rings. The summed E-state index contributed by atoms with van der Waals surface area (Å²) >= 11 is 7.00. The van der Waals surface area contributed by atoms with Crippen molar-refractivity contribution in [2.75, 3.05) is 0 Å². The number of aromatic nitrogens is 2. The van der Waals surface area contributed by atoms with Gasteiger partial charge in [0, 0.05) is 17.5 Å². The Bertz CT molecular complexity index is 754. The van der Waals surface area contributed by atoms with Crippen LogP contribution in [-0.2, 0) is 16.1 Å². The monoisotopic (exact) mass is 358 g/mol. The molecule has 4 nitrogen and oxygen atoms in total. The first-order valence-corrected chi connectivity index (χ1v) is 8.61. The Balaban J connectivity index is 1.72. The molecule has 0 atom stereocenters. The van der Waals surface area contributed by atoms with Crippen molar-refractivity contribution >= 4 is 29.1 Å². The molecule has 0 saturated heterocycles. The summed E-state index contributed by atoms with van der Waals surface area (Å²) in [5.41, 5.74) is 2.65. The molecule has 3 rings (SSSR count). The average Bonchev–Trinajstić information content (AvgIpc) is 3.04. The highest BCUT2D eigenvalue weighted by Gasteiger charge is 2.19. The first kappa shape index (κ1) is 16.6. The molecule has 0 spiro atoms. The van der Waals surface area contributed by atoms with Crippen LogP contribution in [0.3, 0.4) is 0 Å². The summed E-state index contributed by atoms with van der Waals surface area (Å²) in [6.07, 6.45) is 0.253. The topological polar surface area (TPSA) is 52.1 Å². The maximum absolute atomic E-state index is 12.3. The molecule has 2 aromatic carbocycles. The second-order valence-electron chi connectivity index (χ2n) is 5.23. The van der Waals surface area contributed by atoms with Crippen LogP contribution in [0.5, 0.6) is 0 Å². The highest BCUT2D eigenvalue weighted by Crippen LogP contribution is 2.28. The van der Waals surface area contributed by atoms with E-state index in [2.05, 4.69) is 9.59 Å². The van der Waals surface area contributed by atoms with Crippen molar-refractivity contribution in [3.63, 3.8) is 0 Å². The largest absolute Gasteiger partial charge is 0.459 e. The van der Waals surface area contributed by atoms with Crippen LogP contribution in [0, 0.1) is 0 Å². The van der Waals surface area contributed by atoms with Gasteiger partial charge in [-0.3, -0.25) is 4.79 Å². The molecule has 0 unspecified atom stereocenters. The van der Waals surface area contributed by atoms with Crippen LogP contribution in [0.1, 0.15) is 29.2 Å². The Morgan fingerprint density at radius 2 is 1.62 bits per heavy atom. The van der Waals surface area contributed by atoms with Gasteiger partial charge in [0.25, 0.3) is 0 Å². The SMILES string of the molecule is O=C(CC(c1ccccc1)c1ccccc1)OCc1nnsc1Cl. The Kier molecular flexibility index (Phi) is 5.56. The summed E-state index contributed by atoms with van der Waals surface area (Å²) in [5, 5.41) is 3.84. The molecule has 0 aliphatic heterocycles. The van der Waals surface area contributed by atoms with Gasteiger partial charge in [-0.1, -0.05) is 76.8 Å². The van der Waals surface area contributed by atoms with Crippen molar-refractivity contribution in [2.24, 2.45) is 0 Å². The van der Waals surface area contributed by atoms with Crippen LogP contribution < -0.4 is 0 Å². The minimum atomic E-state index is -0.295.